The Morgan fingerprint density at radius 3 is 1.74 bits per heavy atom. The lowest BCUT2D eigenvalue weighted by molar-refractivity contribution is 0.182. The average molecular weight is 271 g/mol. The summed E-state index contributed by atoms with van der Waals surface area (Å²) in [6, 6.07) is 0.625. The molecule has 0 aliphatic heterocycles. The molecule has 1 unspecified atom stereocenters. The zero-order valence-corrected chi connectivity index (χ0v) is 13.8. The molecule has 0 heterocycles. The minimum absolute atomic E-state index is 0.625. The lowest BCUT2D eigenvalue weighted by Crippen LogP contribution is -2.41. The number of nitrogens with two attached hydrogens (primary N) is 1. The second-order valence-corrected chi connectivity index (χ2v) is 5.84. The van der Waals surface area contributed by atoms with Crippen molar-refractivity contribution in [3.63, 3.8) is 0 Å². The van der Waals surface area contributed by atoms with E-state index in [1.807, 2.05) is 0 Å². The van der Waals surface area contributed by atoms with Gasteiger partial charge >= 0.3 is 0 Å². The van der Waals surface area contributed by atoms with E-state index >= 15 is 0 Å². The van der Waals surface area contributed by atoms with Crippen molar-refractivity contribution in [2.24, 2.45) is 5.73 Å². The number of rotatable bonds is 14. The maximum absolute atomic E-state index is 6.02. The molecule has 1 atom stereocenters. The monoisotopic (exact) mass is 270 g/mol. The Morgan fingerprint density at radius 2 is 1.26 bits per heavy atom. The number of unbranched alkanes of at least 4 members (excludes halogenated alkanes) is 6. The lowest BCUT2D eigenvalue weighted by atomic mass is 10.0. The molecule has 0 saturated heterocycles. The minimum Gasteiger partial charge on any atom is -0.329 e. The molecule has 0 aliphatic carbocycles. The summed E-state index contributed by atoms with van der Waals surface area (Å²) in [5.41, 5.74) is 6.02. The molecule has 0 aromatic rings. The number of hydrogen-bond acceptors (Lipinski definition) is 2. The van der Waals surface area contributed by atoms with Gasteiger partial charge in [0.05, 0.1) is 0 Å². The maximum Gasteiger partial charge on any atom is 0.0218 e. The average Bonchev–Trinajstić information content (AvgIpc) is 2.44. The smallest absolute Gasteiger partial charge is 0.0218 e. The van der Waals surface area contributed by atoms with Crippen molar-refractivity contribution in [3.05, 3.63) is 0 Å². The molecule has 0 saturated carbocycles. The Balaban J connectivity index is 3.99. The fourth-order valence-corrected chi connectivity index (χ4v) is 2.63. The third-order valence-corrected chi connectivity index (χ3v) is 4.03. The predicted octanol–water partition coefficient (Wildman–Crippen LogP) is 4.58. The van der Waals surface area contributed by atoms with Crippen LogP contribution >= 0.6 is 0 Å². The molecule has 0 spiro atoms. The molecule has 2 N–H and O–H groups in total. The third kappa shape index (κ3) is 10.4. The van der Waals surface area contributed by atoms with E-state index in [-0.39, 0.29) is 0 Å². The zero-order chi connectivity index (χ0) is 14.3. The van der Waals surface area contributed by atoms with Crippen molar-refractivity contribution in [2.45, 2.75) is 91.0 Å². The SMILES string of the molecule is CCCCCCCC(CN)N(CCCC)CCCC. The molecule has 19 heavy (non-hydrogen) atoms. The Kier molecular flexibility index (Phi) is 14.3. The molecular weight excluding hydrogens is 232 g/mol. The van der Waals surface area contributed by atoms with Crippen molar-refractivity contribution < 1.29 is 0 Å². The van der Waals surface area contributed by atoms with Gasteiger partial charge in [0, 0.05) is 12.6 Å². The molecular formula is C17H38N2. The topological polar surface area (TPSA) is 29.3 Å². The van der Waals surface area contributed by atoms with E-state index in [4.69, 9.17) is 5.73 Å². The van der Waals surface area contributed by atoms with Crippen LogP contribution in [0.15, 0.2) is 0 Å². The summed E-state index contributed by atoms with van der Waals surface area (Å²) in [5, 5.41) is 0. The van der Waals surface area contributed by atoms with Gasteiger partial charge in [0.15, 0.2) is 0 Å². The standard InChI is InChI=1S/C17H38N2/c1-4-7-10-11-12-13-17(16-18)19(14-8-5-2)15-9-6-3/h17H,4-16,18H2,1-3H3. The molecule has 2 heteroatoms. The highest BCUT2D eigenvalue weighted by molar-refractivity contribution is 4.73. The van der Waals surface area contributed by atoms with Gasteiger partial charge in [0.25, 0.3) is 0 Å². The van der Waals surface area contributed by atoms with Crippen LogP contribution < -0.4 is 5.73 Å². The molecule has 0 amide bonds. The van der Waals surface area contributed by atoms with Crippen molar-refractivity contribution >= 4 is 0 Å². The van der Waals surface area contributed by atoms with Gasteiger partial charge in [-0.05, 0) is 32.4 Å². The van der Waals surface area contributed by atoms with E-state index in [9.17, 15) is 0 Å². The van der Waals surface area contributed by atoms with Crippen LogP contribution in [0.2, 0.25) is 0 Å². The first kappa shape index (κ1) is 18.9. The molecule has 2 nitrogen and oxygen atoms in total. The largest absolute Gasteiger partial charge is 0.329 e. The van der Waals surface area contributed by atoms with Gasteiger partial charge in [-0.1, -0.05) is 65.7 Å². The third-order valence-electron chi connectivity index (χ3n) is 4.03. The second kappa shape index (κ2) is 14.3. The van der Waals surface area contributed by atoms with Gasteiger partial charge in [-0.25, -0.2) is 0 Å². The minimum atomic E-state index is 0.625. The highest BCUT2D eigenvalue weighted by Crippen LogP contribution is 2.13. The van der Waals surface area contributed by atoms with Gasteiger partial charge in [0.2, 0.25) is 0 Å². The van der Waals surface area contributed by atoms with Crippen LogP contribution in [0.4, 0.5) is 0 Å². The fourth-order valence-electron chi connectivity index (χ4n) is 2.63. The normalized spacial score (nSPS) is 13.1. The van der Waals surface area contributed by atoms with Crippen LogP contribution in [0.3, 0.4) is 0 Å². The van der Waals surface area contributed by atoms with Crippen molar-refractivity contribution in [1.29, 1.82) is 0 Å². The quantitative estimate of drug-likeness (QED) is 0.468. The molecule has 0 bridgehead atoms. The van der Waals surface area contributed by atoms with Crippen molar-refractivity contribution in [3.8, 4) is 0 Å². The maximum atomic E-state index is 6.02. The number of nitrogens with zero attached hydrogens (tertiary/aromatic N) is 1. The highest BCUT2D eigenvalue weighted by atomic mass is 15.2. The summed E-state index contributed by atoms with van der Waals surface area (Å²) in [6.07, 6.45) is 13.4. The van der Waals surface area contributed by atoms with E-state index in [0.29, 0.717) is 6.04 Å². The molecule has 0 fully saturated rings. The Morgan fingerprint density at radius 1 is 0.737 bits per heavy atom. The lowest BCUT2D eigenvalue weighted by Gasteiger charge is -2.31. The summed E-state index contributed by atoms with van der Waals surface area (Å²) < 4.78 is 0. The van der Waals surface area contributed by atoms with Crippen molar-refractivity contribution in [2.75, 3.05) is 19.6 Å². The molecule has 0 aliphatic rings. The van der Waals surface area contributed by atoms with Gasteiger partial charge in [0.1, 0.15) is 0 Å². The van der Waals surface area contributed by atoms with Crippen molar-refractivity contribution in [1.82, 2.24) is 4.90 Å². The molecule has 0 rings (SSSR count). The van der Waals surface area contributed by atoms with E-state index in [1.165, 1.54) is 77.3 Å². The van der Waals surface area contributed by atoms with Crippen LogP contribution in [0.1, 0.15) is 85.0 Å². The van der Waals surface area contributed by atoms with Crippen LogP contribution in [0, 0.1) is 0 Å². The van der Waals surface area contributed by atoms with E-state index in [2.05, 4.69) is 25.7 Å². The molecule has 116 valence electrons. The summed E-state index contributed by atoms with van der Waals surface area (Å²) in [4.78, 5) is 2.66. The Labute approximate surface area is 122 Å². The van der Waals surface area contributed by atoms with Crippen LogP contribution in [-0.2, 0) is 0 Å². The molecule has 0 aromatic carbocycles. The van der Waals surface area contributed by atoms with Crippen LogP contribution in [0.25, 0.3) is 0 Å². The van der Waals surface area contributed by atoms with Crippen LogP contribution in [0.5, 0.6) is 0 Å². The van der Waals surface area contributed by atoms with E-state index in [1.54, 1.807) is 0 Å². The molecule has 0 aromatic heterocycles. The Hall–Kier alpha value is -0.0800. The summed E-state index contributed by atoms with van der Waals surface area (Å²) >= 11 is 0. The highest BCUT2D eigenvalue weighted by Gasteiger charge is 2.15. The summed E-state index contributed by atoms with van der Waals surface area (Å²) in [5.74, 6) is 0. The zero-order valence-electron chi connectivity index (χ0n) is 13.8. The fraction of sp³-hybridized carbons (Fsp3) is 1.00. The van der Waals surface area contributed by atoms with Gasteiger partial charge in [-0.2, -0.15) is 0 Å². The van der Waals surface area contributed by atoms with Gasteiger partial charge in [-0.3, -0.25) is 4.90 Å². The van der Waals surface area contributed by atoms with Gasteiger partial charge in [-0.15, -0.1) is 0 Å². The van der Waals surface area contributed by atoms with E-state index in [0.717, 1.165) is 6.54 Å². The first-order valence-corrected chi connectivity index (χ1v) is 8.74. The first-order chi connectivity index (χ1) is 9.29. The second-order valence-electron chi connectivity index (χ2n) is 5.84. The first-order valence-electron chi connectivity index (χ1n) is 8.74. The molecule has 0 radical (unpaired) electrons. The summed E-state index contributed by atoms with van der Waals surface area (Å²) in [7, 11) is 0. The Bertz CT molecular complexity index is 163. The van der Waals surface area contributed by atoms with Crippen LogP contribution in [-0.4, -0.2) is 30.6 Å². The van der Waals surface area contributed by atoms with Gasteiger partial charge < -0.3 is 5.73 Å². The number of hydrogen-bond donors (Lipinski definition) is 1. The van der Waals surface area contributed by atoms with E-state index < -0.39 is 0 Å². The summed E-state index contributed by atoms with van der Waals surface area (Å²) in [6.45, 7) is 10.2. The predicted molar refractivity (Wildman–Crippen MR) is 87.6 cm³/mol.